The maximum atomic E-state index is 6.36. The van der Waals surface area contributed by atoms with Gasteiger partial charge in [0, 0.05) is 18.3 Å². The van der Waals surface area contributed by atoms with Crippen LogP contribution in [-0.2, 0) is 6.54 Å². The van der Waals surface area contributed by atoms with E-state index in [0.717, 1.165) is 22.7 Å². The zero-order valence-electron chi connectivity index (χ0n) is 14.4. The van der Waals surface area contributed by atoms with E-state index >= 15 is 0 Å². The van der Waals surface area contributed by atoms with Gasteiger partial charge in [-0.1, -0.05) is 11.6 Å². The summed E-state index contributed by atoms with van der Waals surface area (Å²) in [5.74, 6) is 2.79. The fraction of sp³-hybridized carbons (Fsp3) is 0.368. The van der Waals surface area contributed by atoms with Crippen LogP contribution in [-0.4, -0.2) is 26.4 Å². The molecule has 0 radical (unpaired) electrons. The van der Waals surface area contributed by atoms with Gasteiger partial charge >= 0.3 is 0 Å². The average molecular weight is 364 g/mol. The Morgan fingerprint density at radius 1 is 1.00 bits per heavy atom. The Morgan fingerprint density at radius 3 is 2.52 bits per heavy atom. The molecule has 6 heteroatoms. The summed E-state index contributed by atoms with van der Waals surface area (Å²) >= 11 is 6.36. The monoisotopic (exact) mass is 363 g/mol. The molecule has 0 unspecified atom stereocenters. The third kappa shape index (κ3) is 4.23. The second-order valence-corrected chi connectivity index (χ2v) is 5.89. The quantitative estimate of drug-likeness (QED) is 0.783. The molecule has 1 aliphatic rings. The second kappa shape index (κ2) is 8.21. The van der Waals surface area contributed by atoms with Crippen LogP contribution in [0.15, 0.2) is 30.3 Å². The molecule has 2 aromatic carbocycles. The molecule has 134 valence electrons. The Kier molecular flexibility index (Phi) is 5.76. The summed E-state index contributed by atoms with van der Waals surface area (Å²) in [6.07, 6.45) is 0. The van der Waals surface area contributed by atoms with Gasteiger partial charge in [0.15, 0.2) is 23.0 Å². The fourth-order valence-corrected chi connectivity index (χ4v) is 2.92. The van der Waals surface area contributed by atoms with Gasteiger partial charge in [0.2, 0.25) is 0 Å². The van der Waals surface area contributed by atoms with Crippen LogP contribution in [0.2, 0.25) is 5.02 Å². The van der Waals surface area contributed by atoms with Crippen LogP contribution in [0.25, 0.3) is 0 Å². The minimum Gasteiger partial charge on any atom is -0.490 e. The third-order valence-corrected chi connectivity index (χ3v) is 3.98. The van der Waals surface area contributed by atoms with E-state index in [1.165, 1.54) is 0 Å². The standard InChI is InChI=1S/C19H22ClNO4/c1-3-22-18-10-13(9-15(20)19(18)23-4-2)12-21-14-5-6-16-17(11-14)25-8-7-24-16/h5-6,9-11,21H,3-4,7-8,12H2,1-2H3. The molecule has 0 atom stereocenters. The molecular weight excluding hydrogens is 342 g/mol. The molecule has 0 spiro atoms. The van der Waals surface area contributed by atoms with Crippen molar-refractivity contribution in [3.63, 3.8) is 0 Å². The van der Waals surface area contributed by atoms with Crippen LogP contribution in [0.3, 0.4) is 0 Å². The van der Waals surface area contributed by atoms with E-state index in [9.17, 15) is 0 Å². The van der Waals surface area contributed by atoms with Crippen molar-refractivity contribution < 1.29 is 18.9 Å². The molecule has 0 saturated heterocycles. The fourth-order valence-electron chi connectivity index (χ4n) is 2.63. The maximum Gasteiger partial charge on any atom is 0.179 e. The molecular formula is C19H22ClNO4. The van der Waals surface area contributed by atoms with Crippen LogP contribution in [0.1, 0.15) is 19.4 Å². The molecule has 0 fully saturated rings. The van der Waals surface area contributed by atoms with E-state index in [1.54, 1.807) is 0 Å². The Bertz CT molecular complexity index is 736. The summed E-state index contributed by atoms with van der Waals surface area (Å²) in [6, 6.07) is 9.65. The number of rotatable bonds is 7. The van der Waals surface area contributed by atoms with Gasteiger partial charge in [0.05, 0.1) is 18.2 Å². The number of fused-ring (bicyclic) bond motifs is 1. The zero-order chi connectivity index (χ0) is 17.6. The summed E-state index contributed by atoms with van der Waals surface area (Å²) in [7, 11) is 0. The summed E-state index contributed by atoms with van der Waals surface area (Å²) in [5, 5.41) is 3.92. The van der Waals surface area contributed by atoms with Gasteiger partial charge in [-0.2, -0.15) is 0 Å². The highest BCUT2D eigenvalue weighted by Crippen LogP contribution is 2.37. The highest BCUT2D eigenvalue weighted by atomic mass is 35.5. The molecule has 0 aliphatic carbocycles. The predicted molar refractivity (Wildman–Crippen MR) is 98.5 cm³/mol. The van der Waals surface area contributed by atoms with Crippen LogP contribution >= 0.6 is 11.6 Å². The van der Waals surface area contributed by atoms with Crippen LogP contribution < -0.4 is 24.3 Å². The molecule has 1 aliphatic heterocycles. The molecule has 3 rings (SSSR count). The van der Waals surface area contributed by atoms with Crippen molar-refractivity contribution in [1.29, 1.82) is 0 Å². The van der Waals surface area contributed by atoms with Crippen LogP contribution in [0.4, 0.5) is 5.69 Å². The van der Waals surface area contributed by atoms with E-state index in [2.05, 4.69) is 5.32 Å². The van der Waals surface area contributed by atoms with Crippen molar-refractivity contribution in [1.82, 2.24) is 0 Å². The number of hydrogen-bond donors (Lipinski definition) is 1. The zero-order valence-corrected chi connectivity index (χ0v) is 15.2. The minimum absolute atomic E-state index is 0.536. The number of ether oxygens (including phenoxy) is 4. The van der Waals surface area contributed by atoms with Gasteiger partial charge in [-0.15, -0.1) is 0 Å². The normalized spacial score (nSPS) is 12.6. The molecule has 0 aromatic heterocycles. The van der Waals surface area contributed by atoms with Gasteiger partial charge in [-0.25, -0.2) is 0 Å². The number of hydrogen-bond acceptors (Lipinski definition) is 5. The highest BCUT2D eigenvalue weighted by Gasteiger charge is 2.14. The molecule has 5 nitrogen and oxygen atoms in total. The van der Waals surface area contributed by atoms with Crippen molar-refractivity contribution >= 4 is 17.3 Å². The van der Waals surface area contributed by atoms with Gasteiger partial charge in [-0.05, 0) is 43.7 Å². The molecule has 0 saturated carbocycles. The summed E-state index contributed by atoms with van der Waals surface area (Å²) in [6.45, 7) is 6.70. The molecule has 25 heavy (non-hydrogen) atoms. The van der Waals surface area contributed by atoms with Crippen molar-refractivity contribution in [2.75, 3.05) is 31.7 Å². The van der Waals surface area contributed by atoms with Crippen LogP contribution in [0.5, 0.6) is 23.0 Å². The maximum absolute atomic E-state index is 6.36. The number of anilines is 1. The number of halogens is 1. The minimum atomic E-state index is 0.536. The Morgan fingerprint density at radius 2 is 1.76 bits per heavy atom. The molecule has 1 N–H and O–H groups in total. The SMILES string of the molecule is CCOc1cc(CNc2ccc3c(c2)OCCO3)cc(Cl)c1OCC. The topological polar surface area (TPSA) is 49.0 Å². The van der Waals surface area contributed by atoms with Crippen molar-refractivity contribution in [2.24, 2.45) is 0 Å². The lowest BCUT2D eigenvalue weighted by atomic mass is 10.2. The Hall–Kier alpha value is -2.27. The first kappa shape index (κ1) is 17.5. The smallest absolute Gasteiger partial charge is 0.179 e. The highest BCUT2D eigenvalue weighted by molar-refractivity contribution is 6.32. The lowest BCUT2D eigenvalue weighted by Gasteiger charge is -2.19. The summed E-state index contributed by atoms with van der Waals surface area (Å²) < 4.78 is 22.4. The summed E-state index contributed by atoms with van der Waals surface area (Å²) in [4.78, 5) is 0. The van der Waals surface area contributed by atoms with Gasteiger partial charge < -0.3 is 24.3 Å². The first-order valence-electron chi connectivity index (χ1n) is 8.42. The molecule has 1 heterocycles. The van der Waals surface area contributed by atoms with Gasteiger partial charge in [-0.3, -0.25) is 0 Å². The van der Waals surface area contributed by atoms with E-state index in [4.69, 9.17) is 30.5 Å². The first-order valence-corrected chi connectivity index (χ1v) is 8.80. The number of benzene rings is 2. The Labute approximate surface area is 152 Å². The predicted octanol–water partition coefficient (Wildman–Crippen LogP) is 4.52. The molecule has 0 amide bonds. The second-order valence-electron chi connectivity index (χ2n) is 5.48. The largest absolute Gasteiger partial charge is 0.490 e. The Balaban J connectivity index is 1.74. The molecule has 0 bridgehead atoms. The molecule has 2 aromatic rings. The van der Waals surface area contributed by atoms with E-state index < -0.39 is 0 Å². The van der Waals surface area contributed by atoms with E-state index in [1.807, 2.05) is 44.2 Å². The average Bonchev–Trinajstić information content (AvgIpc) is 2.63. The number of nitrogens with one attached hydrogen (secondary N) is 1. The first-order chi connectivity index (χ1) is 12.2. The van der Waals surface area contributed by atoms with E-state index in [0.29, 0.717) is 49.5 Å². The van der Waals surface area contributed by atoms with Gasteiger partial charge in [0.25, 0.3) is 0 Å². The van der Waals surface area contributed by atoms with Gasteiger partial charge in [0.1, 0.15) is 13.2 Å². The van der Waals surface area contributed by atoms with Crippen molar-refractivity contribution in [2.45, 2.75) is 20.4 Å². The van der Waals surface area contributed by atoms with E-state index in [-0.39, 0.29) is 0 Å². The lowest BCUT2D eigenvalue weighted by Crippen LogP contribution is -2.15. The van der Waals surface area contributed by atoms with Crippen molar-refractivity contribution in [3.8, 4) is 23.0 Å². The van der Waals surface area contributed by atoms with Crippen LogP contribution in [0, 0.1) is 0 Å². The third-order valence-electron chi connectivity index (χ3n) is 3.70. The summed E-state index contributed by atoms with van der Waals surface area (Å²) in [5.41, 5.74) is 1.96. The lowest BCUT2D eigenvalue weighted by molar-refractivity contribution is 0.171. The van der Waals surface area contributed by atoms with Crippen molar-refractivity contribution in [3.05, 3.63) is 40.9 Å².